The maximum absolute atomic E-state index is 12.7. The molecule has 1 N–H and O–H groups in total. The molecule has 104 valence electrons. The third kappa shape index (κ3) is 3.01. The Morgan fingerprint density at radius 2 is 1.79 bits per heavy atom. The number of alkyl halides is 3. The van der Waals surface area contributed by atoms with Crippen LogP contribution in [-0.2, 0) is 6.18 Å². The zero-order valence-corrected chi connectivity index (χ0v) is 10.4. The average Bonchev–Trinajstić information content (AvgIpc) is 2.25. The van der Waals surface area contributed by atoms with Gasteiger partial charge in [0.15, 0.2) is 5.69 Å². The largest absolute Gasteiger partial charge is 0.478 e. The van der Waals surface area contributed by atoms with Crippen molar-refractivity contribution in [2.45, 2.75) is 13.1 Å². The van der Waals surface area contributed by atoms with Gasteiger partial charge in [0.05, 0.1) is 16.8 Å². The van der Waals surface area contributed by atoms with Gasteiger partial charge in [-0.2, -0.15) is 13.2 Å². The van der Waals surface area contributed by atoms with E-state index in [1.165, 1.54) is 21.0 Å². The number of hydrogen-bond acceptors (Lipinski definition) is 3. The SMILES string of the molecule is Cc1nc(C(F)(F)F)c(C(=O)O)cc1C(=O)N(C)C. The number of rotatable bonds is 2. The summed E-state index contributed by atoms with van der Waals surface area (Å²) in [5.74, 6) is -2.39. The second-order valence-corrected chi connectivity index (χ2v) is 4.02. The summed E-state index contributed by atoms with van der Waals surface area (Å²) in [7, 11) is 2.81. The molecule has 1 heterocycles. The average molecular weight is 276 g/mol. The number of pyridine rings is 1. The van der Waals surface area contributed by atoms with E-state index in [0.717, 1.165) is 4.90 Å². The van der Waals surface area contributed by atoms with Gasteiger partial charge >= 0.3 is 12.1 Å². The molecular weight excluding hydrogens is 265 g/mol. The molecule has 0 aliphatic heterocycles. The van der Waals surface area contributed by atoms with Crippen LogP contribution >= 0.6 is 0 Å². The van der Waals surface area contributed by atoms with Crippen LogP contribution < -0.4 is 0 Å². The zero-order chi connectivity index (χ0) is 15.0. The van der Waals surface area contributed by atoms with Gasteiger partial charge in [-0.15, -0.1) is 0 Å². The molecule has 1 rings (SSSR count). The molecule has 5 nitrogen and oxygen atoms in total. The van der Waals surface area contributed by atoms with Gasteiger partial charge in [0.25, 0.3) is 5.91 Å². The van der Waals surface area contributed by atoms with E-state index >= 15 is 0 Å². The Morgan fingerprint density at radius 1 is 1.26 bits per heavy atom. The summed E-state index contributed by atoms with van der Waals surface area (Å²) in [5, 5.41) is 8.80. The van der Waals surface area contributed by atoms with Gasteiger partial charge in [0.1, 0.15) is 0 Å². The van der Waals surface area contributed by atoms with Crippen LogP contribution in [0, 0.1) is 6.92 Å². The second-order valence-electron chi connectivity index (χ2n) is 4.02. The van der Waals surface area contributed by atoms with E-state index in [-0.39, 0.29) is 11.3 Å². The summed E-state index contributed by atoms with van der Waals surface area (Å²) < 4.78 is 38.0. The van der Waals surface area contributed by atoms with Crippen LogP contribution in [0.25, 0.3) is 0 Å². The predicted octanol–water partition coefficient (Wildman–Crippen LogP) is 1.81. The van der Waals surface area contributed by atoms with Crippen molar-refractivity contribution in [3.05, 3.63) is 28.6 Å². The van der Waals surface area contributed by atoms with Gasteiger partial charge < -0.3 is 10.0 Å². The highest BCUT2D eigenvalue weighted by Gasteiger charge is 2.38. The third-order valence-corrected chi connectivity index (χ3v) is 2.35. The van der Waals surface area contributed by atoms with Gasteiger partial charge in [-0.3, -0.25) is 4.79 Å². The molecule has 0 radical (unpaired) electrons. The van der Waals surface area contributed by atoms with E-state index in [0.29, 0.717) is 6.07 Å². The van der Waals surface area contributed by atoms with Crippen LogP contribution in [-0.4, -0.2) is 41.0 Å². The summed E-state index contributed by atoms with van der Waals surface area (Å²) in [6.07, 6.45) is -4.89. The first-order chi connectivity index (χ1) is 8.55. The Labute approximate surface area is 106 Å². The smallest absolute Gasteiger partial charge is 0.434 e. The highest BCUT2D eigenvalue weighted by Crippen LogP contribution is 2.31. The number of carboxylic acids is 1. The summed E-state index contributed by atoms with van der Waals surface area (Å²) in [5.41, 5.74) is -2.89. The van der Waals surface area contributed by atoms with Crippen molar-refractivity contribution >= 4 is 11.9 Å². The molecule has 0 atom stereocenters. The maximum Gasteiger partial charge on any atom is 0.434 e. The molecule has 1 aromatic heterocycles. The fourth-order valence-corrected chi connectivity index (χ4v) is 1.44. The molecule has 0 aliphatic rings. The van der Waals surface area contributed by atoms with Gasteiger partial charge in [0.2, 0.25) is 0 Å². The molecule has 0 aromatic carbocycles. The number of carbonyl (C=O) groups is 2. The van der Waals surface area contributed by atoms with Gasteiger partial charge in [-0.05, 0) is 13.0 Å². The van der Waals surface area contributed by atoms with E-state index in [1.54, 1.807) is 0 Å². The molecule has 8 heteroatoms. The first-order valence-electron chi connectivity index (χ1n) is 5.09. The second kappa shape index (κ2) is 4.87. The fourth-order valence-electron chi connectivity index (χ4n) is 1.44. The van der Waals surface area contributed by atoms with E-state index in [1.807, 2.05) is 0 Å². The zero-order valence-electron chi connectivity index (χ0n) is 10.4. The van der Waals surface area contributed by atoms with Crippen LogP contribution in [0.4, 0.5) is 13.2 Å². The Hall–Kier alpha value is -2.12. The molecule has 0 saturated heterocycles. The lowest BCUT2D eigenvalue weighted by atomic mass is 10.1. The first kappa shape index (κ1) is 14.9. The number of amides is 1. The number of nitrogens with zero attached hydrogens (tertiary/aromatic N) is 2. The van der Waals surface area contributed by atoms with E-state index in [9.17, 15) is 22.8 Å². The lowest BCUT2D eigenvalue weighted by Crippen LogP contribution is -2.25. The highest BCUT2D eigenvalue weighted by molar-refractivity contribution is 5.98. The molecule has 0 spiro atoms. The molecular formula is C11H11F3N2O3. The standard InChI is InChI=1S/C11H11F3N2O3/c1-5-6(9(17)16(2)3)4-7(10(18)19)8(15-5)11(12,13)14/h4H,1-3H3,(H,18,19). The number of carbonyl (C=O) groups excluding carboxylic acids is 1. The van der Waals surface area contributed by atoms with Crippen LogP contribution in [0.1, 0.15) is 32.1 Å². The van der Waals surface area contributed by atoms with Crippen molar-refractivity contribution in [2.75, 3.05) is 14.1 Å². The number of hydrogen-bond donors (Lipinski definition) is 1. The Balaban J connectivity index is 3.55. The molecule has 1 aromatic rings. The predicted molar refractivity (Wildman–Crippen MR) is 59.0 cm³/mol. The van der Waals surface area contributed by atoms with Crippen molar-refractivity contribution in [3.63, 3.8) is 0 Å². The minimum absolute atomic E-state index is 0.170. The van der Waals surface area contributed by atoms with Crippen LogP contribution in [0.5, 0.6) is 0 Å². The minimum Gasteiger partial charge on any atom is -0.478 e. The summed E-state index contributed by atoms with van der Waals surface area (Å²) >= 11 is 0. The van der Waals surface area contributed by atoms with Gasteiger partial charge in [-0.25, -0.2) is 9.78 Å². The maximum atomic E-state index is 12.7. The van der Waals surface area contributed by atoms with Crippen molar-refractivity contribution in [1.29, 1.82) is 0 Å². The number of aromatic nitrogens is 1. The Bertz CT molecular complexity index is 539. The number of halogens is 3. The summed E-state index contributed by atoms with van der Waals surface area (Å²) in [4.78, 5) is 26.9. The third-order valence-electron chi connectivity index (χ3n) is 2.35. The Morgan fingerprint density at radius 3 is 2.16 bits per heavy atom. The fraction of sp³-hybridized carbons (Fsp3) is 0.364. The number of aromatic carboxylic acids is 1. The molecule has 0 unspecified atom stereocenters. The molecule has 0 fully saturated rings. The van der Waals surface area contributed by atoms with Crippen molar-refractivity contribution in [1.82, 2.24) is 9.88 Å². The van der Waals surface area contributed by atoms with Crippen LogP contribution in [0.3, 0.4) is 0 Å². The minimum atomic E-state index is -4.89. The number of carboxylic acid groups (broad SMARTS) is 1. The van der Waals surface area contributed by atoms with Crippen LogP contribution in [0.15, 0.2) is 6.07 Å². The lowest BCUT2D eigenvalue weighted by molar-refractivity contribution is -0.141. The van der Waals surface area contributed by atoms with Crippen molar-refractivity contribution in [3.8, 4) is 0 Å². The molecule has 1 amide bonds. The molecule has 19 heavy (non-hydrogen) atoms. The lowest BCUT2D eigenvalue weighted by Gasteiger charge is -2.15. The molecule has 0 saturated carbocycles. The van der Waals surface area contributed by atoms with Gasteiger partial charge in [-0.1, -0.05) is 0 Å². The van der Waals surface area contributed by atoms with E-state index in [4.69, 9.17) is 5.11 Å². The van der Waals surface area contributed by atoms with Crippen molar-refractivity contribution in [2.24, 2.45) is 0 Å². The monoisotopic (exact) mass is 276 g/mol. The quantitative estimate of drug-likeness (QED) is 0.894. The van der Waals surface area contributed by atoms with Crippen molar-refractivity contribution < 1.29 is 27.9 Å². The van der Waals surface area contributed by atoms with Gasteiger partial charge in [0, 0.05) is 14.1 Å². The topological polar surface area (TPSA) is 70.5 Å². The molecule has 0 aliphatic carbocycles. The summed E-state index contributed by atoms with van der Waals surface area (Å²) in [6.45, 7) is 1.22. The van der Waals surface area contributed by atoms with E-state index in [2.05, 4.69) is 4.98 Å². The first-order valence-corrected chi connectivity index (χ1v) is 5.09. The number of aryl methyl sites for hydroxylation is 1. The molecule has 0 bridgehead atoms. The van der Waals surface area contributed by atoms with E-state index < -0.39 is 29.3 Å². The normalized spacial score (nSPS) is 11.3. The Kier molecular flexibility index (Phi) is 3.83. The highest BCUT2D eigenvalue weighted by atomic mass is 19.4. The van der Waals surface area contributed by atoms with Crippen LogP contribution in [0.2, 0.25) is 0 Å². The summed E-state index contributed by atoms with van der Waals surface area (Å²) in [6, 6.07) is 0.704.